The fraction of sp³-hybridized carbons (Fsp3) is 0.800. The molecule has 1 unspecified atom stereocenters. The maximum absolute atomic E-state index is 6.02. The molecule has 0 aromatic carbocycles. The van der Waals surface area contributed by atoms with Gasteiger partial charge in [-0.05, 0) is 32.6 Å². The van der Waals surface area contributed by atoms with Crippen LogP contribution in [0.2, 0.25) is 0 Å². The van der Waals surface area contributed by atoms with Gasteiger partial charge in [-0.3, -0.25) is 4.68 Å². The zero-order valence-corrected chi connectivity index (χ0v) is 12.7. The van der Waals surface area contributed by atoms with Crippen LogP contribution in [0.25, 0.3) is 0 Å². The number of hydrogen-bond acceptors (Lipinski definition) is 3. The van der Waals surface area contributed by atoms with Crippen LogP contribution < -0.4 is 5.32 Å². The molecule has 1 aromatic heterocycles. The minimum atomic E-state index is 0.0971. The van der Waals surface area contributed by atoms with Crippen LogP contribution in [0, 0.1) is 6.92 Å². The van der Waals surface area contributed by atoms with Gasteiger partial charge in [0.05, 0.1) is 11.8 Å². The summed E-state index contributed by atoms with van der Waals surface area (Å²) in [5, 5.41) is 7.97. The van der Waals surface area contributed by atoms with Gasteiger partial charge in [-0.15, -0.1) is 0 Å². The molecule has 1 fully saturated rings. The Hall–Kier alpha value is -0.870. The molecular weight excluding hydrogens is 238 g/mol. The Balaban J connectivity index is 1.91. The van der Waals surface area contributed by atoms with Crippen molar-refractivity contribution in [3.05, 3.63) is 17.5 Å². The Bertz CT molecular complexity index is 410. The monoisotopic (exact) mass is 265 g/mol. The van der Waals surface area contributed by atoms with E-state index in [1.54, 1.807) is 0 Å². The summed E-state index contributed by atoms with van der Waals surface area (Å²) in [7, 11) is 1.99. The highest BCUT2D eigenvalue weighted by atomic mass is 16.5. The number of nitrogens with one attached hydrogen (secondary N) is 1. The van der Waals surface area contributed by atoms with Gasteiger partial charge in [0.2, 0.25) is 0 Å². The zero-order valence-electron chi connectivity index (χ0n) is 12.7. The van der Waals surface area contributed by atoms with Crippen LogP contribution in [0.5, 0.6) is 0 Å². The van der Waals surface area contributed by atoms with Crippen LogP contribution in [0.15, 0.2) is 6.20 Å². The molecule has 0 aliphatic carbocycles. The van der Waals surface area contributed by atoms with Crippen molar-refractivity contribution in [2.45, 2.75) is 64.6 Å². The summed E-state index contributed by atoms with van der Waals surface area (Å²) in [5.74, 6) is 0. The van der Waals surface area contributed by atoms with Crippen molar-refractivity contribution < 1.29 is 4.74 Å². The lowest BCUT2D eigenvalue weighted by atomic mass is 9.86. The summed E-state index contributed by atoms with van der Waals surface area (Å²) in [6.07, 6.45) is 6.41. The van der Waals surface area contributed by atoms with Crippen molar-refractivity contribution in [1.82, 2.24) is 15.1 Å². The predicted octanol–water partition coefficient (Wildman–Crippen LogP) is 2.56. The maximum Gasteiger partial charge on any atom is 0.0692 e. The summed E-state index contributed by atoms with van der Waals surface area (Å²) in [6.45, 7) is 8.38. The van der Waals surface area contributed by atoms with E-state index in [-0.39, 0.29) is 5.60 Å². The Kier molecular flexibility index (Phi) is 4.63. The highest BCUT2D eigenvalue weighted by Gasteiger charge is 2.34. The van der Waals surface area contributed by atoms with E-state index in [4.69, 9.17) is 4.74 Å². The van der Waals surface area contributed by atoms with Crippen LogP contribution in [0.4, 0.5) is 0 Å². The third-order valence-corrected chi connectivity index (χ3v) is 4.70. The summed E-state index contributed by atoms with van der Waals surface area (Å²) in [5.41, 5.74) is 2.64. The molecule has 0 radical (unpaired) electrons. The van der Waals surface area contributed by atoms with E-state index in [0.717, 1.165) is 38.8 Å². The van der Waals surface area contributed by atoms with Crippen LogP contribution >= 0.6 is 0 Å². The van der Waals surface area contributed by atoms with E-state index in [2.05, 4.69) is 31.2 Å². The molecule has 1 aromatic rings. The number of hydrogen-bond donors (Lipinski definition) is 1. The zero-order chi connectivity index (χ0) is 13.9. The Morgan fingerprint density at radius 1 is 1.47 bits per heavy atom. The first-order chi connectivity index (χ1) is 9.10. The van der Waals surface area contributed by atoms with Gasteiger partial charge in [-0.25, -0.2) is 0 Å². The first kappa shape index (κ1) is 14.5. The molecule has 2 rings (SSSR count). The molecule has 1 aliphatic heterocycles. The molecule has 108 valence electrons. The van der Waals surface area contributed by atoms with Crippen LogP contribution in [0.1, 0.15) is 50.8 Å². The van der Waals surface area contributed by atoms with Gasteiger partial charge >= 0.3 is 0 Å². The number of aryl methyl sites for hydroxylation is 1. The topological polar surface area (TPSA) is 39.1 Å². The van der Waals surface area contributed by atoms with Gasteiger partial charge < -0.3 is 10.1 Å². The average Bonchev–Trinajstić information content (AvgIpc) is 2.77. The van der Waals surface area contributed by atoms with Gasteiger partial charge in [0.1, 0.15) is 0 Å². The van der Waals surface area contributed by atoms with E-state index in [9.17, 15) is 0 Å². The van der Waals surface area contributed by atoms with Gasteiger partial charge in [-0.1, -0.05) is 13.8 Å². The van der Waals surface area contributed by atoms with E-state index in [0.29, 0.717) is 6.04 Å². The predicted molar refractivity (Wildman–Crippen MR) is 77.1 cm³/mol. The summed E-state index contributed by atoms with van der Waals surface area (Å²) in [6, 6.07) is 0.563. The molecule has 2 heterocycles. The Morgan fingerprint density at radius 3 is 2.79 bits per heavy atom. The second kappa shape index (κ2) is 6.06. The van der Waals surface area contributed by atoms with Crippen LogP contribution in [-0.4, -0.2) is 28.0 Å². The Morgan fingerprint density at radius 2 is 2.21 bits per heavy atom. The van der Waals surface area contributed by atoms with E-state index < -0.39 is 0 Å². The summed E-state index contributed by atoms with van der Waals surface area (Å²) < 4.78 is 7.95. The first-order valence-corrected chi connectivity index (χ1v) is 7.45. The van der Waals surface area contributed by atoms with Gasteiger partial charge in [0.25, 0.3) is 0 Å². The van der Waals surface area contributed by atoms with E-state index >= 15 is 0 Å². The second-order valence-corrected chi connectivity index (χ2v) is 5.69. The molecule has 0 spiro atoms. The van der Waals surface area contributed by atoms with Crippen molar-refractivity contribution in [2.24, 2.45) is 7.05 Å². The second-order valence-electron chi connectivity index (χ2n) is 5.69. The fourth-order valence-corrected chi connectivity index (χ4v) is 2.92. The van der Waals surface area contributed by atoms with Crippen molar-refractivity contribution in [2.75, 3.05) is 6.61 Å². The third-order valence-electron chi connectivity index (χ3n) is 4.70. The largest absolute Gasteiger partial charge is 0.375 e. The van der Waals surface area contributed by atoms with Crippen LogP contribution in [0.3, 0.4) is 0 Å². The van der Waals surface area contributed by atoms with Gasteiger partial charge in [0.15, 0.2) is 0 Å². The number of ether oxygens (including phenoxy) is 1. The molecule has 0 amide bonds. The molecule has 0 saturated carbocycles. The van der Waals surface area contributed by atoms with Crippen LogP contribution in [-0.2, 0) is 18.3 Å². The Labute approximate surface area is 116 Å². The van der Waals surface area contributed by atoms with Crippen molar-refractivity contribution in [1.29, 1.82) is 0 Å². The first-order valence-electron chi connectivity index (χ1n) is 7.45. The SMILES string of the molecule is CCC1(CC)CC(NCc2cnn(C)c2C)CCO1. The lowest BCUT2D eigenvalue weighted by Crippen LogP contribution is -2.46. The lowest BCUT2D eigenvalue weighted by molar-refractivity contribution is -0.0932. The number of rotatable bonds is 5. The molecule has 0 bridgehead atoms. The molecule has 1 atom stereocenters. The molecule has 1 N–H and O–H groups in total. The van der Waals surface area contributed by atoms with Gasteiger partial charge in [0, 0.05) is 37.5 Å². The molecule has 1 aliphatic rings. The molecule has 4 nitrogen and oxygen atoms in total. The highest BCUT2D eigenvalue weighted by molar-refractivity contribution is 5.15. The van der Waals surface area contributed by atoms with E-state index in [1.807, 2.05) is 17.9 Å². The lowest BCUT2D eigenvalue weighted by Gasteiger charge is -2.40. The summed E-state index contributed by atoms with van der Waals surface area (Å²) >= 11 is 0. The molecule has 1 saturated heterocycles. The fourth-order valence-electron chi connectivity index (χ4n) is 2.92. The highest BCUT2D eigenvalue weighted by Crippen LogP contribution is 2.31. The van der Waals surface area contributed by atoms with Crippen molar-refractivity contribution in [3.63, 3.8) is 0 Å². The van der Waals surface area contributed by atoms with Gasteiger partial charge in [-0.2, -0.15) is 5.10 Å². The van der Waals surface area contributed by atoms with E-state index in [1.165, 1.54) is 11.3 Å². The average molecular weight is 265 g/mol. The quantitative estimate of drug-likeness (QED) is 0.889. The molecule has 4 heteroatoms. The normalized spacial score (nSPS) is 22.6. The van der Waals surface area contributed by atoms with Crippen molar-refractivity contribution in [3.8, 4) is 0 Å². The number of aromatic nitrogens is 2. The third kappa shape index (κ3) is 3.18. The molecular formula is C15H27N3O. The maximum atomic E-state index is 6.02. The summed E-state index contributed by atoms with van der Waals surface area (Å²) in [4.78, 5) is 0. The van der Waals surface area contributed by atoms with Crippen molar-refractivity contribution >= 4 is 0 Å². The standard InChI is InChI=1S/C15H27N3O/c1-5-15(6-2)9-14(7-8-19-15)16-10-13-11-17-18(4)12(13)3/h11,14,16H,5-10H2,1-4H3. The minimum Gasteiger partial charge on any atom is -0.375 e. The number of nitrogens with zero attached hydrogens (tertiary/aromatic N) is 2. The smallest absolute Gasteiger partial charge is 0.0692 e. The molecule has 19 heavy (non-hydrogen) atoms. The minimum absolute atomic E-state index is 0.0971.